The Kier molecular flexibility index (Phi) is 6.55. The second-order valence-electron chi connectivity index (χ2n) is 8.20. The summed E-state index contributed by atoms with van der Waals surface area (Å²) in [6.45, 7) is 4.10. The molecule has 4 rings (SSSR count). The van der Waals surface area contributed by atoms with Gasteiger partial charge in [0.05, 0.1) is 25.0 Å². The zero-order valence-electron chi connectivity index (χ0n) is 18.8. The molecule has 2 aliphatic rings. The van der Waals surface area contributed by atoms with Gasteiger partial charge >= 0.3 is 11.9 Å². The average Bonchev–Trinajstić information content (AvgIpc) is 3.31. The summed E-state index contributed by atoms with van der Waals surface area (Å²) in [5.74, 6) is -1.65. The van der Waals surface area contributed by atoms with Crippen LogP contribution in [0.3, 0.4) is 0 Å². The minimum Gasteiger partial charge on any atom is -0.496 e. The van der Waals surface area contributed by atoms with Gasteiger partial charge in [0.1, 0.15) is 11.6 Å². The van der Waals surface area contributed by atoms with Gasteiger partial charge in [-0.3, -0.25) is 0 Å². The van der Waals surface area contributed by atoms with Gasteiger partial charge in [-0.25, -0.2) is 14.6 Å². The topological polar surface area (TPSA) is 121 Å². The van der Waals surface area contributed by atoms with Crippen LogP contribution in [0.25, 0.3) is 11.3 Å². The van der Waals surface area contributed by atoms with E-state index in [1.807, 2.05) is 0 Å². The largest absolute Gasteiger partial charge is 0.496 e. The SMILES string of the molecule is COc1cc(NC(NC[C@H]2CCCCO2)=C2C(=O)OC(C)(C)OC2=O)ccc1-c1cnco1. The minimum absolute atomic E-state index is 0.0356. The summed E-state index contributed by atoms with van der Waals surface area (Å²) in [5.41, 5.74) is 1.03. The van der Waals surface area contributed by atoms with Crippen molar-refractivity contribution in [2.45, 2.75) is 45.0 Å². The summed E-state index contributed by atoms with van der Waals surface area (Å²) in [4.78, 5) is 29.3. The Hall–Kier alpha value is -3.53. The number of carbonyl (C=O) groups excluding carboxylic acids is 2. The van der Waals surface area contributed by atoms with Crippen LogP contribution in [0.2, 0.25) is 0 Å². The molecule has 0 aliphatic carbocycles. The monoisotopic (exact) mass is 457 g/mol. The number of carbonyl (C=O) groups is 2. The third-order valence-electron chi connectivity index (χ3n) is 5.28. The van der Waals surface area contributed by atoms with Gasteiger partial charge in [0.15, 0.2) is 17.7 Å². The van der Waals surface area contributed by atoms with Gasteiger partial charge in [0, 0.05) is 38.8 Å². The van der Waals surface area contributed by atoms with Crippen molar-refractivity contribution in [1.82, 2.24) is 10.3 Å². The van der Waals surface area contributed by atoms with Crippen LogP contribution >= 0.6 is 0 Å². The predicted octanol–water partition coefficient (Wildman–Crippen LogP) is 2.97. The molecule has 1 atom stereocenters. The molecule has 10 nitrogen and oxygen atoms in total. The third-order valence-corrected chi connectivity index (χ3v) is 5.28. The second-order valence-corrected chi connectivity index (χ2v) is 8.20. The number of esters is 2. The van der Waals surface area contributed by atoms with Crippen molar-refractivity contribution in [1.29, 1.82) is 0 Å². The van der Waals surface area contributed by atoms with Gasteiger partial charge in [-0.1, -0.05) is 0 Å². The number of cyclic esters (lactones) is 2. The highest BCUT2D eigenvalue weighted by molar-refractivity contribution is 6.16. The Balaban J connectivity index is 1.63. The van der Waals surface area contributed by atoms with Crippen molar-refractivity contribution in [3.05, 3.63) is 42.2 Å². The predicted molar refractivity (Wildman–Crippen MR) is 117 cm³/mol. The first-order valence-electron chi connectivity index (χ1n) is 10.8. The average molecular weight is 457 g/mol. The number of ether oxygens (including phenoxy) is 4. The van der Waals surface area contributed by atoms with Gasteiger partial charge in [-0.2, -0.15) is 0 Å². The van der Waals surface area contributed by atoms with Crippen LogP contribution in [-0.4, -0.2) is 49.1 Å². The quantitative estimate of drug-likeness (QED) is 0.365. The highest BCUT2D eigenvalue weighted by Crippen LogP contribution is 2.33. The maximum Gasteiger partial charge on any atom is 0.352 e. The summed E-state index contributed by atoms with van der Waals surface area (Å²) in [5, 5.41) is 6.26. The van der Waals surface area contributed by atoms with Gasteiger partial charge in [0.2, 0.25) is 0 Å². The number of methoxy groups -OCH3 is 1. The first-order valence-corrected chi connectivity index (χ1v) is 10.8. The fourth-order valence-electron chi connectivity index (χ4n) is 3.70. The molecule has 2 fully saturated rings. The molecule has 1 aromatic carbocycles. The maximum absolute atomic E-state index is 12.7. The first kappa shape index (κ1) is 22.7. The van der Waals surface area contributed by atoms with Crippen molar-refractivity contribution in [2.24, 2.45) is 0 Å². The van der Waals surface area contributed by atoms with E-state index in [-0.39, 0.29) is 17.5 Å². The molecule has 3 heterocycles. The number of hydrogen-bond donors (Lipinski definition) is 2. The Morgan fingerprint density at radius 3 is 2.64 bits per heavy atom. The molecule has 0 radical (unpaired) electrons. The number of rotatable bonds is 7. The van der Waals surface area contributed by atoms with Crippen LogP contribution in [0.15, 0.2) is 46.6 Å². The molecule has 1 aromatic heterocycles. The van der Waals surface area contributed by atoms with Crippen molar-refractivity contribution >= 4 is 17.6 Å². The van der Waals surface area contributed by atoms with Crippen LogP contribution in [0.4, 0.5) is 5.69 Å². The van der Waals surface area contributed by atoms with E-state index in [2.05, 4.69) is 15.6 Å². The number of benzene rings is 1. The molecule has 0 unspecified atom stereocenters. The van der Waals surface area contributed by atoms with E-state index in [1.54, 1.807) is 24.4 Å². The van der Waals surface area contributed by atoms with Gasteiger partial charge in [-0.15, -0.1) is 0 Å². The number of anilines is 1. The molecule has 0 bridgehead atoms. The summed E-state index contributed by atoms with van der Waals surface area (Å²) in [7, 11) is 1.54. The molecule has 0 spiro atoms. The second kappa shape index (κ2) is 9.53. The van der Waals surface area contributed by atoms with Crippen LogP contribution in [0.1, 0.15) is 33.1 Å². The van der Waals surface area contributed by atoms with Crippen molar-refractivity contribution in [3.63, 3.8) is 0 Å². The number of nitrogens with zero attached hydrogens (tertiary/aromatic N) is 1. The van der Waals surface area contributed by atoms with E-state index in [0.29, 0.717) is 35.9 Å². The Morgan fingerprint density at radius 1 is 1.21 bits per heavy atom. The molecule has 2 saturated heterocycles. The normalized spacial score (nSPS) is 20.0. The van der Waals surface area contributed by atoms with Crippen molar-refractivity contribution in [2.75, 3.05) is 25.6 Å². The first-order chi connectivity index (χ1) is 15.9. The summed E-state index contributed by atoms with van der Waals surface area (Å²) < 4.78 is 27.2. The van der Waals surface area contributed by atoms with Gasteiger partial charge in [0.25, 0.3) is 5.79 Å². The van der Waals surface area contributed by atoms with E-state index in [1.165, 1.54) is 27.4 Å². The molecular weight excluding hydrogens is 430 g/mol. The van der Waals surface area contributed by atoms with Crippen molar-refractivity contribution < 1.29 is 33.0 Å². The van der Waals surface area contributed by atoms with Crippen LogP contribution in [0, 0.1) is 0 Å². The smallest absolute Gasteiger partial charge is 0.352 e. The van der Waals surface area contributed by atoms with Gasteiger partial charge < -0.3 is 34.0 Å². The molecule has 2 N–H and O–H groups in total. The van der Waals surface area contributed by atoms with Crippen LogP contribution < -0.4 is 15.4 Å². The standard InChI is InChI=1S/C23H27N3O7/c1-23(2)32-21(27)19(22(28)33-23)20(25-11-15-6-4-5-9-30-15)26-14-7-8-16(17(10-14)29-3)18-12-24-13-31-18/h7-8,10,12-13,15,25-26H,4-6,9,11H2,1-3H3/t15-/m1/s1. The fraction of sp³-hybridized carbons (Fsp3) is 0.435. The Morgan fingerprint density at radius 2 is 2.00 bits per heavy atom. The molecule has 10 heteroatoms. The highest BCUT2D eigenvalue weighted by Gasteiger charge is 2.41. The molecule has 2 aromatic rings. The number of nitrogens with one attached hydrogen (secondary N) is 2. The van der Waals surface area contributed by atoms with Crippen LogP contribution in [-0.2, 0) is 23.8 Å². The molecule has 0 saturated carbocycles. The zero-order valence-corrected chi connectivity index (χ0v) is 18.8. The van der Waals surface area contributed by atoms with E-state index in [0.717, 1.165) is 19.3 Å². The van der Waals surface area contributed by atoms with Crippen LogP contribution in [0.5, 0.6) is 5.75 Å². The van der Waals surface area contributed by atoms with E-state index >= 15 is 0 Å². The fourth-order valence-corrected chi connectivity index (χ4v) is 3.70. The number of aromatic nitrogens is 1. The van der Waals surface area contributed by atoms with Gasteiger partial charge in [-0.05, 0) is 31.4 Å². The highest BCUT2D eigenvalue weighted by atomic mass is 16.7. The van der Waals surface area contributed by atoms with Crippen molar-refractivity contribution in [3.8, 4) is 17.1 Å². The Bertz CT molecular complexity index is 1020. The maximum atomic E-state index is 12.7. The number of hydrogen-bond acceptors (Lipinski definition) is 10. The van der Waals surface area contributed by atoms with E-state index in [9.17, 15) is 9.59 Å². The summed E-state index contributed by atoms with van der Waals surface area (Å²) in [6, 6.07) is 5.28. The lowest BCUT2D eigenvalue weighted by molar-refractivity contribution is -0.222. The minimum atomic E-state index is -1.34. The molecule has 2 aliphatic heterocycles. The molecule has 0 amide bonds. The summed E-state index contributed by atoms with van der Waals surface area (Å²) in [6.07, 6.45) is 5.85. The van der Waals surface area contributed by atoms with E-state index in [4.69, 9.17) is 23.4 Å². The third kappa shape index (κ3) is 5.28. The lowest BCUT2D eigenvalue weighted by Crippen LogP contribution is -2.44. The zero-order chi connectivity index (χ0) is 23.4. The molecular formula is C23H27N3O7. The van der Waals surface area contributed by atoms with E-state index < -0.39 is 17.7 Å². The molecule has 176 valence electrons. The lowest BCUT2D eigenvalue weighted by atomic mass is 10.1. The lowest BCUT2D eigenvalue weighted by Gasteiger charge is -2.31. The summed E-state index contributed by atoms with van der Waals surface area (Å²) >= 11 is 0. The molecule has 33 heavy (non-hydrogen) atoms. The number of oxazole rings is 1. The Labute approximate surface area is 191 Å².